The fourth-order valence-corrected chi connectivity index (χ4v) is 5.49. The minimum Gasteiger partial charge on any atom is -0.309 e. The van der Waals surface area contributed by atoms with E-state index in [0.29, 0.717) is 25.1 Å². The Kier molecular flexibility index (Phi) is 5.80. The lowest BCUT2D eigenvalue weighted by atomic mass is 9.93. The molecule has 0 bridgehead atoms. The van der Waals surface area contributed by atoms with E-state index in [9.17, 15) is 13.6 Å². The predicted molar refractivity (Wildman–Crippen MR) is 121 cm³/mol. The van der Waals surface area contributed by atoms with E-state index in [1.807, 2.05) is 18.2 Å². The van der Waals surface area contributed by atoms with E-state index in [1.54, 1.807) is 28.4 Å². The Labute approximate surface area is 187 Å². The first-order chi connectivity index (χ1) is 15.6. The number of nitrogens with one attached hydrogen (secondary N) is 1. The van der Waals surface area contributed by atoms with Gasteiger partial charge in [0.2, 0.25) is 0 Å². The number of halogens is 2. The van der Waals surface area contributed by atoms with Crippen LogP contribution in [0.2, 0.25) is 0 Å². The monoisotopic (exact) mass is 452 g/mol. The van der Waals surface area contributed by atoms with E-state index in [-0.39, 0.29) is 11.6 Å². The van der Waals surface area contributed by atoms with Gasteiger partial charge in [0, 0.05) is 53.9 Å². The molecule has 8 heteroatoms. The third kappa shape index (κ3) is 4.20. The van der Waals surface area contributed by atoms with Crippen molar-refractivity contribution in [1.82, 2.24) is 19.9 Å². The van der Waals surface area contributed by atoms with Crippen molar-refractivity contribution in [2.75, 3.05) is 0 Å². The van der Waals surface area contributed by atoms with Crippen LogP contribution in [0.4, 0.5) is 8.78 Å². The highest BCUT2D eigenvalue weighted by Gasteiger charge is 2.25. The number of hydrogen-bond donors (Lipinski definition) is 1. The Morgan fingerprint density at radius 3 is 2.91 bits per heavy atom. The Hall–Kier alpha value is -2.97. The number of benzene rings is 1. The zero-order chi connectivity index (χ0) is 22.1. The smallest absolute Gasteiger partial charge is 0.262 e. The number of fused-ring (bicyclic) bond motifs is 3. The van der Waals surface area contributed by atoms with Crippen LogP contribution in [0.25, 0.3) is 10.2 Å². The Balaban J connectivity index is 1.31. The summed E-state index contributed by atoms with van der Waals surface area (Å²) in [4.78, 5) is 24.0. The average molecular weight is 453 g/mol. The molecule has 1 aliphatic rings. The van der Waals surface area contributed by atoms with Gasteiger partial charge in [-0.15, -0.1) is 11.3 Å². The average Bonchev–Trinajstić information content (AvgIpc) is 3.17. The highest BCUT2D eigenvalue weighted by molar-refractivity contribution is 7.18. The summed E-state index contributed by atoms with van der Waals surface area (Å²) in [5, 5.41) is 4.11. The number of hydrogen-bond acceptors (Lipinski definition) is 5. The van der Waals surface area contributed by atoms with Crippen molar-refractivity contribution in [3.8, 4) is 0 Å². The molecule has 0 radical (unpaired) electrons. The maximum Gasteiger partial charge on any atom is 0.262 e. The molecule has 1 N–H and O–H groups in total. The van der Waals surface area contributed by atoms with Crippen LogP contribution in [0.15, 0.2) is 53.7 Å². The molecule has 0 aliphatic heterocycles. The number of thiophene rings is 1. The third-order valence-corrected chi connectivity index (χ3v) is 7.13. The van der Waals surface area contributed by atoms with Gasteiger partial charge in [0.25, 0.3) is 5.56 Å². The molecule has 0 saturated carbocycles. The maximum atomic E-state index is 13.9. The van der Waals surface area contributed by atoms with Crippen LogP contribution in [0, 0.1) is 11.6 Å². The molecule has 0 saturated heterocycles. The third-order valence-electron chi connectivity index (χ3n) is 5.97. The molecule has 5 nitrogen and oxygen atoms in total. The van der Waals surface area contributed by atoms with Gasteiger partial charge in [-0.05, 0) is 43.0 Å². The summed E-state index contributed by atoms with van der Waals surface area (Å²) in [5.41, 5.74) is 2.49. The number of aryl methyl sites for hydroxylation is 3. The molecule has 0 spiro atoms. The summed E-state index contributed by atoms with van der Waals surface area (Å²) in [6.07, 6.45) is 6.45. The van der Waals surface area contributed by atoms with Gasteiger partial charge >= 0.3 is 0 Å². The highest BCUT2D eigenvalue weighted by atomic mass is 32.1. The van der Waals surface area contributed by atoms with Crippen LogP contribution in [-0.2, 0) is 32.4 Å². The van der Waals surface area contributed by atoms with Gasteiger partial charge in [0.1, 0.15) is 16.5 Å². The lowest BCUT2D eigenvalue weighted by Gasteiger charge is -2.23. The SMILES string of the molecule is O=c1c2c3c(sc2ncn1CCc1ccccn1)C[C@H](NCc1ccc(F)cc1F)CC3. The minimum absolute atomic E-state index is 0.00298. The Bertz CT molecular complexity index is 1320. The van der Waals surface area contributed by atoms with E-state index in [2.05, 4.69) is 15.3 Å². The summed E-state index contributed by atoms with van der Waals surface area (Å²) < 4.78 is 28.7. The normalized spacial score (nSPS) is 15.8. The first-order valence-corrected chi connectivity index (χ1v) is 11.5. The van der Waals surface area contributed by atoms with E-state index in [4.69, 9.17) is 0 Å². The second kappa shape index (κ2) is 8.88. The molecule has 1 atom stereocenters. The second-order valence-corrected chi connectivity index (χ2v) is 9.14. The molecular formula is C24H22F2N4OS. The molecule has 0 fully saturated rings. The van der Waals surface area contributed by atoms with Crippen LogP contribution in [0.5, 0.6) is 0 Å². The van der Waals surface area contributed by atoms with Crippen molar-refractivity contribution in [2.24, 2.45) is 0 Å². The first kappa shape index (κ1) is 20.9. The molecular weight excluding hydrogens is 430 g/mol. The van der Waals surface area contributed by atoms with Gasteiger partial charge in [-0.2, -0.15) is 0 Å². The fraction of sp³-hybridized carbons (Fsp3) is 0.292. The molecule has 3 aromatic heterocycles. The van der Waals surface area contributed by atoms with E-state index in [1.165, 1.54) is 12.1 Å². The highest BCUT2D eigenvalue weighted by Crippen LogP contribution is 2.33. The van der Waals surface area contributed by atoms with Gasteiger partial charge in [-0.1, -0.05) is 12.1 Å². The molecule has 0 unspecified atom stereocenters. The quantitative estimate of drug-likeness (QED) is 0.480. The maximum absolute atomic E-state index is 13.9. The molecule has 32 heavy (non-hydrogen) atoms. The van der Waals surface area contributed by atoms with Gasteiger partial charge in [0.15, 0.2) is 0 Å². The molecule has 4 aromatic rings. The van der Waals surface area contributed by atoms with Crippen molar-refractivity contribution >= 4 is 21.6 Å². The van der Waals surface area contributed by atoms with Crippen molar-refractivity contribution in [3.05, 3.63) is 92.6 Å². The zero-order valence-electron chi connectivity index (χ0n) is 17.4. The molecule has 1 aromatic carbocycles. The summed E-state index contributed by atoms with van der Waals surface area (Å²) in [7, 11) is 0. The summed E-state index contributed by atoms with van der Waals surface area (Å²) in [6, 6.07) is 9.60. The van der Waals surface area contributed by atoms with E-state index in [0.717, 1.165) is 51.7 Å². The fourth-order valence-electron chi connectivity index (χ4n) is 4.24. The minimum atomic E-state index is -0.572. The van der Waals surface area contributed by atoms with Crippen molar-refractivity contribution in [2.45, 2.75) is 44.8 Å². The van der Waals surface area contributed by atoms with E-state index >= 15 is 0 Å². The summed E-state index contributed by atoms with van der Waals surface area (Å²) >= 11 is 1.57. The van der Waals surface area contributed by atoms with E-state index < -0.39 is 11.6 Å². The van der Waals surface area contributed by atoms with Crippen LogP contribution >= 0.6 is 11.3 Å². The number of aromatic nitrogens is 3. The molecule has 1 aliphatic carbocycles. The van der Waals surface area contributed by atoms with Crippen LogP contribution < -0.4 is 10.9 Å². The topological polar surface area (TPSA) is 59.8 Å². The molecule has 3 heterocycles. The lowest BCUT2D eigenvalue weighted by molar-refractivity contribution is 0.454. The first-order valence-electron chi connectivity index (χ1n) is 10.7. The van der Waals surface area contributed by atoms with Crippen LogP contribution in [0.3, 0.4) is 0 Å². The summed E-state index contributed by atoms with van der Waals surface area (Å²) in [5.74, 6) is -1.11. The van der Waals surface area contributed by atoms with Gasteiger partial charge in [-0.3, -0.25) is 14.3 Å². The number of rotatable bonds is 6. The predicted octanol–water partition coefficient (Wildman–Crippen LogP) is 4.02. The van der Waals surface area contributed by atoms with Gasteiger partial charge in [-0.25, -0.2) is 13.8 Å². The zero-order valence-corrected chi connectivity index (χ0v) is 18.2. The van der Waals surface area contributed by atoms with Gasteiger partial charge in [0.05, 0.1) is 11.7 Å². The van der Waals surface area contributed by atoms with Crippen molar-refractivity contribution in [1.29, 1.82) is 0 Å². The van der Waals surface area contributed by atoms with Crippen LogP contribution in [-0.4, -0.2) is 20.6 Å². The molecule has 164 valence electrons. The van der Waals surface area contributed by atoms with Crippen molar-refractivity contribution in [3.63, 3.8) is 0 Å². The summed E-state index contributed by atoms with van der Waals surface area (Å²) in [6.45, 7) is 0.881. The largest absolute Gasteiger partial charge is 0.309 e. The van der Waals surface area contributed by atoms with Gasteiger partial charge < -0.3 is 5.32 Å². The second-order valence-electron chi connectivity index (χ2n) is 8.05. The lowest BCUT2D eigenvalue weighted by Crippen LogP contribution is -2.34. The number of pyridine rings is 1. The Morgan fingerprint density at radius 1 is 1.19 bits per heavy atom. The van der Waals surface area contributed by atoms with Crippen LogP contribution in [0.1, 0.15) is 28.1 Å². The standard InChI is InChI=1S/C24H22F2N4OS/c25-16-5-4-15(20(26)11-16)13-28-18-6-7-19-21(12-18)32-23-22(19)24(31)30(14-29-23)10-8-17-3-1-2-9-27-17/h1-5,9,11,14,18,28H,6-8,10,12-13H2/t18-/m1/s1. The van der Waals surface area contributed by atoms with Crippen molar-refractivity contribution < 1.29 is 8.78 Å². The molecule has 5 rings (SSSR count). The molecule has 0 amide bonds. The number of nitrogens with zero attached hydrogens (tertiary/aromatic N) is 3. The Morgan fingerprint density at radius 2 is 2.09 bits per heavy atom.